The van der Waals surface area contributed by atoms with Gasteiger partial charge in [0.25, 0.3) is 5.91 Å². The zero-order valence-electron chi connectivity index (χ0n) is 25.6. The van der Waals surface area contributed by atoms with Gasteiger partial charge in [0.1, 0.15) is 22.8 Å². The largest absolute Gasteiger partial charge is 0.434 e. The predicted molar refractivity (Wildman–Crippen MR) is 175 cm³/mol. The van der Waals surface area contributed by atoms with Gasteiger partial charge in [0, 0.05) is 43.5 Å². The van der Waals surface area contributed by atoms with Crippen LogP contribution < -0.4 is 21.1 Å². The summed E-state index contributed by atoms with van der Waals surface area (Å²) in [5, 5.41) is 17.3. The maximum Gasteiger partial charge on any atom is 0.387 e. The first kappa shape index (κ1) is 33.2. The molecule has 2 aromatic heterocycles. The molecule has 0 radical (unpaired) electrons. The monoisotopic (exact) mass is 656 g/mol. The average Bonchev–Trinajstić information content (AvgIpc) is 3.65. The first-order chi connectivity index (χ1) is 22.3. The Kier molecular flexibility index (Phi) is 11.4. The summed E-state index contributed by atoms with van der Waals surface area (Å²) in [5.74, 6) is -0.322. The molecule has 0 aliphatic carbocycles. The number of aromatic amines is 1. The second-order valence-electron chi connectivity index (χ2n) is 11.1. The molecule has 0 spiro atoms. The van der Waals surface area contributed by atoms with Crippen LogP contribution in [0.2, 0.25) is 5.02 Å². The van der Waals surface area contributed by atoms with E-state index in [0.29, 0.717) is 10.7 Å². The van der Waals surface area contributed by atoms with Gasteiger partial charge in [0.15, 0.2) is 5.82 Å². The van der Waals surface area contributed by atoms with E-state index in [1.807, 2.05) is 18.2 Å². The Hall–Kier alpha value is -4.20. The number of nitrogen functional groups attached to an aromatic ring is 1. The summed E-state index contributed by atoms with van der Waals surface area (Å²) < 4.78 is 39.0. The SMILES string of the molecule is CNc1n[nH]c(N)c1C(=O)Nc1cn(C2CCN(CCCCOCCc3ccccc3)CC2)nc1-c1cc(Cl)ccc1OC(F)F. The van der Waals surface area contributed by atoms with Crippen molar-refractivity contribution in [1.82, 2.24) is 24.9 Å². The van der Waals surface area contributed by atoms with Crippen LogP contribution in [0.5, 0.6) is 5.75 Å². The number of carbonyl (C=O) groups is 1. The first-order valence-corrected chi connectivity index (χ1v) is 15.7. The maximum atomic E-state index is 13.3. The Morgan fingerprint density at radius 2 is 1.93 bits per heavy atom. The molecule has 1 aliphatic heterocycles. The zero-order valence-corrected chi connectivity index (χ0v) is 26.4. The van der Waals surface area contributed by atoms with E-state index in [1.165, 1.54) is 23.8 Å². The topological polar surface area (TPSA) is 135 Å². The smallest absolute Gasteiger partial charge is 0.387 e. The van der Waals surface area contributed by atoms with Crippen LogP contribution in [-0.4, -0.2) is 77.3 Å². The van der Waals surface area contributed by atoms with Gasteiger partial charge in [-0.3, -0.25) is 14.6 Å². The average molecular weight is 657 g/mol. The Labute approximate surface area is 271 Å². The molecule has 1 fully saturated rings. The summed E-state index contributed by atoms with van der Waals surface area (Å²) in [5.41, 5.74) is 8.13. The van der Waals surface area contributed by atoms with Crippen molar-refractivity contribution in [1.29, 1.82) is 0 Å². The van der Waals surface area contributed by atoms with Crippen molar-refractivity contribution in [2.75, 3.05) is 56.3 Å². The maximum absolute atomic E-state index is 13.3. The molecular weight excluding hydrogens is 618 g/mol. The number of anilines is 3. The molecule has 5 rings (SSSR count). The van der Waals surface area contributed by atoms with Crippen molar-refractivity contribution in [3.63, 3.8) is 0 Å². The Morgan fingerprint density at radius 1 is 1.15 bits per heavy atom. The van der Waals surface area contributed by atoms with Gasteiger partial charge in [-0.1, -0.05) is 41.9 Å². The van der Waals surface area contributed by atoms with Crippen LogP contribution >= 0.6 is 11.6 Å². The molecule has 2 aromatic carbocycles. The van der Waals surface area contributed by atoms with E-state index in [1.54, 1.807) is 17.9 Å². The predicted octanol–water partition coefficient (Wildman–Crippen LogP) is 6.08. The summed E-state index contributed by atoms with van der Waals surface area (Å²) >= 11 is 6.26. The number of benzene rings is 2. The van der Waals surface area contributed by atoms with Gasteiger partial charge in [-0.15, -0.1) is 0 Å². The first-order valence-electron chi connectivity index (χ1n) is 15.3. The van der Waals surface area contributed by atoms with Crippen molar-refractivity contribution >= 4 is 34.8 Å². The lowest BCUT2D eigenvalue weighted by molar-refractivity contribution is -0.0494. The molecule has 4 aromatic rings. The number of carbonyl (C=O) groups excluding carboxylic acids is 1. The van der Waals surface area contributed by atoms with E-state index in [9.17, 15) is 13.6 Å². The number of likely N-dealkylation sites (tertiary alicyclic amines) is 1. The number of halogens is 3. The number of alkyl halides is 2. The minimum atomic E-state index is -3.06. The number of unbranched alkanes of at least 4 members (excludes halogenated alkanes) is 1. The van der Waals surface area contributed by atoms with Crippen LogP contribution in [0, 0.1) is 0 Å². The lowest BCUT2D eigenvalue weighted by atomic mass is 10.0. The fourth-order valence-electron chi connectivity index (χ4n) is 5.59. The Morgan fingerprint density at radius 3 is 2.67 bits per heavy atom. The van der Waals surface area contributed by atoms with E-state index in [-0.39, 0.29) is 40.2 Å². The molecule has 246 valence electrons. The normalized spacial score (nSPS) is 14.1. The third kappa shape index (κ3) is 8.53. The van der Waals surface area contributed by atoms with Gasteiger partial charge in [0.2, 0.25) is 0 Å². The standard InChI is InChI=1S/C32H39ClF2N8O3/c1-37-30-27(29(36)39-40-30)31(44)38-25-20-43(41-28(25)24-19-22(33)9-10-26(24)46-32(34)35)23-11-15-42(16-12-23)14-5-6-17-45-18-13-21-7-3-2-4-8-21/h2-4,7-10,19-20,23,32H,5-6,11-18H2,1H3,(H,38,44)(H4,36,37,39,40). The van der Waals surface area contributed by atoms with Gasteiger partial charge in [-0.05, 0) is 62.4 Å². The summed E-state index contributed by atoms with van der Waals surface area (Å²) in [7, 11) is 1.61. The van der Waals surface area contributed by atoms with Gasteiger partial charge in [-0.2, -0.15) is 19.0 Å². The quantitative estimate of drug-likeness (QED) is 0.113. The highest BCUT2D eigenvalue weighted by molar-refractivity contribution is 6.31. The van der Waals surface area contributed by atoms with Gasteiger partial charge >= 0.3 is 6.61 Å². The molecule has 0 unspecified atom stereocenters. The summed E-state index contributed by atoms with van der Waals surface area (Å²) in [6.45, 7) is 1.15. The Balaban J connectivity index is 1.23. The van der Waals surface area contributed by atoms with Gasteiger partial charge in [0.05, 0.1) is 18.3 Å². The number of piperidine rings is 1. The molecule has 1 aliphatic rings. The zero-order chi connectivity index (χ0) is 32.5. The molecular formula is C32H39ClF2N8O3. The lowest BCUT2D eigenvalue weighted by Crippen LogP contribution is -2.35. The van der Waals surface area contributed by atoms with Crippen molar-refractivity contribution in [3.8, 4) is 17.0 Å². The van der Waals surface area contributed by atoms with E-state index >= 15 is 0 Å². The molecule has 3 heterocycles. The number of hydrogen-bond acceptors (Lipinski definition) is 8. The molecule has 0 bridgehead atoms. The van der Waals surface area contributed by atoms with Gasteiger partial charge in [-0.25, -0.2) is 0 Å². The number of aromatic nitrogens is 4. The molecule has 14 heteroatoms. The minimum Gasteiger partial charge on any atom is -0.434 e. The highest BCUT2D eigenvalue weighted by Crippen LogP contribution is 2.38. The molecule has 0 atom stereocenters. The Bertz CT molecular complexity index is 1570. The number of amides is 1. The van der Waals surface area contributed by atoms with Crippen molar-refractivity contribution in [2.24, 2.45) is 0 Å². The fourth-order valence-corrected chi connectivity index (χ4v) is 5.76. The van der Waals surface area contributed by atoms with Crippen molar-refractivity contribution in [3.05, 3.63) is 70.9 Å². The van der Waals surface area contributed by atoms with Crippen LogP contribution in [0.3, 0.4) is 0 Å². The number of ether oxygens (including phenoxy) is 2. The van der Waals surface area contributed by atoms with Crippen LogP contribution in [0.15, 0.2) is 54.7 Å². The summed E-state index contributed by atoms with van der Waals surface area (Å²) in [4.78, 5) is 15.8. The van der Waals surface area contributed by atoms with Crippen LogP contribution in [0.4, 0.5) is 26.1 Å². The van der Waals surface area contributed by atoms with E-state index in [0.717, 1.165) is 65.0 Å². The number of H-pyrrole nitrogens is 1. The van der Waals surface area contributed by atoms with E-state index in [2.05, 4.69) is 37.9 Å². The fraction of sp³-hybridized carbons (Fsp3) is 0.406. The number of nitrogens with zero attached hydrogens (tertiary/aromatic N) is 4. The number of nitrogens with one attached hydrogen (secondary N) is 3. The number of rotatable bonds is 15. The second-order valence-corrected chi connectivity index (χ2v) is 11.5. The molecule has 46 heavy (non-hydrogen) atoms. The third-order valence-electron chi connectivity index (χ3n) is 7.97. The van der Waals surface area contributed by atoms with E-state index in [4.69, 9.17) is 31.9 Å². The summed E-state index contributed by atoms with van der Waals surface area (Å²) in [6.07, 6.45) is 6.34. The molecule has 1 amide bonds. The van der Waals surface area contributed by atoms with Crippen molar-refractivity contribution in [2.45, 2.75) is 44.8 Å². The van der Waals surface area contributed by atoms with Crippen molar-refractivity contribution < 1.29 is 23.0 Å². The van der Waals surface area contributed by atoms with Gasteiger partial charge < -0.3 is 30.7 Å². The molecule has 1 saturated heterocycles. The van der Waals surface area contributed by atoms with Crippen LogP contribution in [0.25, 0.3) is 11.3 Å². The highest BCUT2D eigenvalue weighted by atomic mass is 35.5. The van der Waals surface area contributed by atoms with Crippen LogP contribution in [-0.2, 0) is 11.2 Å². The highest BCUT2D eigenvalue weighted by Gasteiger charge is 2.27. The lowest BCUT2D eigenvalue weighted by Gasteiger charge is -2.32. The third-order valence-corrected chi connectivity index (χ3v) is 8.21. The summed E-state index contributed by atoms with van der Waals surface area (Å²) in [6, 6.07) is 14.7. The second kappa shape index (κ2) is 15.9. The number of nitrogens with two attached hydrogens (primary N) is 1. The van der Waals surface area contributed by atoms with Crippen LogP contribution in [0.1, 0.15) is 47.6 Å². The molecule has 11 nitrogen and oxygen atoms in total. The molecule has 0 saturated carbocycles. The number of hydrogen-bond donors (Lipinski definition) is 4. The van der Waals surface area contributed by atoms with E-state index < -0.39 is 12.5 Å². The molecule has 5 N–H and O–H groups in total. The minimum absolute atomic E-state index is 0.0347.